The van der Waals surface area contributed by atoms with Crippen LogP contribution in [0, 0.1) is 0 Å². The quantitative estimate of drug-likeness (QED) is 0.547. The number of halogens is 1. The molecule has 0 N–H and O–H groups in total. The summed E-state index contributed by atoms with van der Waals surface area (Å²) < 4.78 is 27.8. The van der Waals surface area contributed by atoms with Crippen molar-refractivity contribution in [2.24, 2.45) is 0 Å². The Morgan fingerprint density at radius 3 is 2.08 bits per heavy atom. The normalized spacial score (nSPS) is 10.7. The summed E-state index contributed by atoms with van der Waals surface area (Å²) in [6.45, 7) is 0.876. The summed E-state index contributed by atoms with van der Waals surface area (Å²) >= 11 is 3.67. The number of hydrogen-bond acceptors (Lipinski definition) is 5. The summed E-state index contributed by atoms with van der Waals surface area (Å²) in [5, 5.41) is 0. The molecular weight excluding hydrogens is 388 g/mol. The second-order valence-electron chi connectivity index (χ2n) is 5.25. The first-order chi connectivity index (χ1) is 12.2. The lowest BCUT2D eigenvalue weighted by Gasteiger charge is -2.20. The van der Waals surface area contributed by atoms with Crippen molar-refractivity contribution in [1.29, 1.82) is 0 Å². The maximum absolute atomic E-state index is 5.83. The van der Waals surface area contributed by atoms with Gasteiger partial charge in [0, 0.05) is 33.0 Å². The third kappa shape index (κ3) is 5.19. The van der Waals surface area contributed by atoms with Gasteiger partial charge in [-0.3, -0.25) is 0 Å². The SMILES string of the molecule is COCCc1c(Br)c(OCOC)cc(OCOC)c1-c1ccccc1. The highest BCUT2D eigenvalue weighted by Gasteiger charge is 2.20. The van der Waals surface area contributed by atoms with Gasteiger partial charge in [-0.25, -0.2) is 0 Å². The number of benzene rings is 2. The highest BCUT2D eigenvalue weighted by Crippen LogP contribution is 2.43. The van der Waals surface area contributed by atoms with Crippen LogP contribution in [0.5, 0.6) is 11.5 Å². The molecule has 6 heteroatoms. The van der Waals surface area contributed by atoms with E-state index in [-0.39, 0.29) is 13.6 Å². The molecule has 2 aromatic carbocycles. The molecule has 0 heterocycles. The van der Waals surface area contributed by atoms with Crippen molar-refractivity contribution in [3.05, 3.63) is 46.4 Å². The van der Waals surface area contributed by atoms with E-state index in [4.69, 9.17) is 23.7 Å². The molecule has 0 atom stereocenters. The number of hydrogen-bond donors (Lipinski definition) is 0. The number of methoxy groups -OCH3 is 3. The van der Waals surface area contributed by atoms with Crippen LogP contribution in [-0.4, -0.2) is 41.5 Å². The third-order valence-electron chi connectivity index (χ3n) is 3.57. The molecule has 0 unspecified atom stereocenters. The maximum Gasteiger partial charge on any atom is 0.188 e. The van der Waals surface area contributed by atoms with Crippen LogP contribution in [0.15, 0.2) is 40.9 Å². The van der Waals surface area contributed by atoms with Gasteiger partial charge in [-0.2, -0.15) is 0 Å². The average molecular weight is 411 g/mol. The molecule has 0 radical (unpaired) electrons. The van der Waals surface area contributed by atoms with E-state index < -0.39 is 0 Å². The molecule has 0 amide bonds. The Balaban J connectivity index is 2.59. The first kappa shape index (κ1) is 19.7. The standard InChI is InChI=1S/C19H23BrO5/c1-21-10-9-15-18(14-7-5-4-6-8-14)16(24-12-22-2)11-17(19(15)20)25-13-23-3/h4-8,11H,9-10,12-13H2,1-3H3. The van der Waals surface area contributed by atoms with E-state index in [9.17, 15) is 0 Å². The Kier molecular flexibility index (Phi) is 8.21. The maximum atomic E-state index is 5.83. The Morgan fingerprint density at radius 2 is 1.48 bits per heavy atom. The van der Waals surface area contributed by atoms with Crippen molar-refractivity contribution < 1.29 is 23.7 Å². The van der Waals surface area contributed by atoms with Gasteiger partial charge in [-0.1, -0.05) is 30.3 Å². The largest absolute Gasteiger partial charge is 0.467 e. The molecular formula is C19H23BrO5. The van der Waals surface area contributed by atoms with Gasteiger partial charge in [-0.15, -0.1) is 0 Å². The molecule has 0 saturated carbocycles. The van der Waals surface area contributed by atoms with Gasteiger partial charge in [-0.05, 0) is 33.5 Å². The molecule has 0 spiro atoms. The van der Waals surface area contributed by atoms with Gasteiger partial charge in [0.15, 0.2) is 13.6 Å². The predicted molar refractivity (Wildman–Crippen MR) is 100 cm³/mol. The van der Waals surface area contributed by atoms with Crippen LogP contribution in [0.4, 0.5) is 0 Å². The molecule has 0 aliphatic rings. The van der Waals surface area contributed by atoms with Crippen molar-refractivity contribution in [3.63, 3.8) is 0 Å². The zero-order valence-corrected chi connectivity index (χ0v) is 16.3. The van der Waals surface area contributed by atoms with Gasteiger partial charge >= 0.3 is 0 Å². The summed E-state index contributed by atoms with van der Waals surface area (Å²) in [7, 11) is 4.86. The Bertz CT molecular complexity index is 661. The number of ether oxygens (including phenoxy) is 5. The van der Waals surface area contributed by atoms with Crippen molar-refractivity contribution in [1.82, 2.24) is 0 Å². The van der Waals surface area contributed by atoms with E-state index in [0.29, 0.717) is 24.5 Å². The summed E-state index contributed by atoms with van der Waals surface area (Å²) in [6, 6.07) is 11.9. The molecule has 0 aromatic heterocycles. The van der Waals surface area contributed by atoms with Gasteiger partial charge in [0.2, 0.25) is 0 Å². The predicted octanol–water partition coefficient (Wildman–Crippen LogP) is 4.27. The fraction of sp³-hybridized carbons (Fsp3) is 0.368. The molecule has 0 saturated heterocycles. The topological polar surface area (TPSA) is 46.2 Å². The van der Waals surface area contributed by atoms with Gasteiger partial charge < -0.3 is 23.7 Å². The van der Waals surface area contributed by atoms with Crippen LogP contribution in [0.3, 0.4) is 0 Å². The summed E-state index contributed by atoms with van der Waals surface area (Å²) in [4.78, 5) is 0. The molecule has 25 heavy (non-hydrogen) atoms. The van der Waals surface area contributed by atoms with E-state index in [1.165, 1.54) is 0 Å². The minimum Gasteiger partial charge on any atom is -0.467 e. The zero-order chi connectivity index (χ0) is 18.1. The third-order valence-corrected chi connectivity index (χ3v) is 4.44. The second-order valence-corrected chi connectivity index (χ2v) is 6.04. The van der Waals surface area contributed by atoms with E-state index in [2.05, 4.69) is 15.9 Å². The monoisotopic (exact) mass is 410 g/mol. The highest BCUT2D eigenvalue weighted by atomic mass is 79.9. The lowest BCUT2D eigenvalue weighted by Crippen LogP contribution is -2.07. The fourth-order valence-corrected chi connectivity index (χ4v) is 3.11. The van der Waals surface area contributed by atoms with E-state index in [0.717, 1.165) is 21.2 Å². The molecule has 136 valence electrons. The van der Waals surface area contributed by atoms with Crippen LogP contribution in [-0.2, 0) is 20.6 Å². The zero-order valence-electron chi connectivity index (χ0n) is 14.7. The van der Waals surface area contributed by atoms with Crippen molar-refractivity contribution in [3.8, 4) is 22.6 Å². The Labute approximate surface area is 156 Å². The fourth-order valence-electron chi connectivity index (χ4n) is 2.49. The molecule has 2 aromatic rings. The van der Waals surface area contributed by atoms with Crippen molar-refractivity contribution in [2.45, 2.75) is 6.42 Å². The molecule has 0 aliphatic carbocycles. The smallest absolute Gasteiger partial charge is 0.188 e. The molecule has 0 bridgehead atoms. The minimum absolute atomic E-state index is 0.148. The summed E-state index contributed by atoms with van der Waals surface area (Å²) in [5.74, 6) is 1.34. The molecule has 2 rings (SSSR count). The average Bonchev–Trinajstić information content (AvgIpc) is 2.65. The minimum atomic E-state index is 0.148. The van der Waals surface area contributed by atoms with Crippen LogP contribution in [0.25, 0.3) is 11.1 Å². The van der Waals surface area contributed by atoms with Crippen LogP contribution in [0.2, 0.25) is 0 Å². The second kappa shape index (κ2) is 10.4. The van der Waals surface area contributed by atoms with Crippen LogP contribution in [0.1, 0.15) is 5.56 Å². The lowest BCUT2D eigenvalue weighted by molar-refractivity contribution is 0.0458. The van der Waals surface area contributed by atoms with E-state index in [1.54, 1.807) is 21.3 Å². The summed E-state index contributed by atoms with van der Waals surface area (Å²) in [6.07, 6.45) is 0.703. The first-order valence-corrected chi connectivity index (χ1v) is 8.65. The van der Waals surface area contributed by atoms with Gasteiger partial charge in [0.05, 0.1) is 11.1 Å². The van der Waals surface area contributed by atoms with Crippen molar-refractivity contribution >= 4 is 15.9 Å². The van der Waals surface area contributed by atoms with Crippen molar-refractivity contribution in [2.75, 3.05) is 41.5 Å². The van der Waals surface area contributed by atoms with Crippen LogP contribution >= 0.6 is 15.9 Å². The first-order valence-electron chi connectivity index (χ1n) is 7.86. The highest BCUT2D eigenvalue weighted by molar-refractivity contribution is 9.10. The Hall–Kier alpha value is -1.60. The van der Waals surface area contributed by atoms with Crippen LogP contribution < -0.4 is 9.47 Å². The molecule has 0 aliphatic heterocycles. The number of rotatable bonds is 10. The van der Waals surface area contributed by atoms with Gasteiger partial charge in [0.1, 0.15) is 11.5 Å². The Morgan fingerprint density at radius 1 is 0.840 bits per heavy atom. The molecule has 0 fully saturated rings. The summed E-state index contributed by atoms with van der Waals surface area (Å²) in [5.41, 5.74) is 3.10. The van der Waals surface area contributed by atoms with Gasteiger partial charge in [0.25, 0.3) is 0 Å². The molecule has 5 nitrogen and oxygen atoms in total. The van der Waals surface area contributed by atoms with E-state index >= 15 is 0 Å². The lowest BCUT2D eigenvalue weighted by atomic mass is 9.96. The van der Waals surface area contributed by atoms with E-state index in [1.807, 2.05) is 36.4 Å².